The van der Waals surface area contributed by atoms with E-state index >= 15 is 0 Å². The number of sulfonamides is 1. The Labute approximate surface area is 141 Å². The molecule has 24 heavy (non-hydrogen) atoms. The molecule has 0 saturated carbocycles. The van der Waals surface area contributed by atoms with Crippen LogP contribution in [0.15, 0.2) is 48.8 Å². The van der Waals surface area contributed by atoms with E-state index in [1.165, 1.54) is 0 Å². The topological polar surface area (TPSA) is 100 Å². The van der Waals surface area contributed by atoms with Crippen molar-refractivity contribution < 1.29 is 13.2 Å². The Kier molecular flexibility index (Phi) is 6.14. The minimum absolute atomic E-state index is 0.0518. The number of anilines is 2. The number of pyridine rings is 1. The summed E-state index contributed by atoms with van der Waals surface area (Å²) < 4.78 is 26.0. The quantitative estimate of drug-likeness (QED) is 0.716. The summed E-state index contributed by atoms with van der Waals surface area (Å²) in [6.07, 6.45) is 3.86. The maximum absolute atomic E-state index is 11.9. The smallest absolute Gasteiger partial charge is 0.319 e. The Morgan fingerprint density at radius 1 is 1.17 bits per heavy atom. The zero-order valence-corrected chi connectivity index (χ0v) is 14.1. The highest BCUT2D eigenvalue weighted by atomic mass is 32.2. The fraction of sp³-hybridized carbons (Fsp3) is 0.250. The predicted molar refractivity (Wildman–Crippen MR) is 94.2 cm³/mol. The number of carbonyl (C=O) groups is 1. The van der Waals surface area contributed by atoms with Crippen molar-refractivity contribution in [2.75, 3.05) is 15.8 Å². The van der Waals surface area contributed by atoms with E-state index in [9.17, 15) is 13.2 Å². The number of urea groups is 1. The Morgan fingerprint density at radius 2 is 1.96 bits per heavy atom. The summed E-state index contributed by atoms with van der Waals surface area (Å²) in [5.74, 6) is 0.0518. The Hall–Kier alpha value is -2.61. The molecule has 2 amide bonds. The van der Waals surface area contributed by atoms with E-state index in [-0.39, 0.29) is 11.8 Å². The average Bonchev–Trinajstić information content (AvgIpc) is 2.53. The maximum atomic E-state index is 11.9. The van der Waals surface area contributed by atoms with Crippen molar-refractivity contribution >= 4 is 27.4 Å². The van der Waals surface area contributed by atoms with Crippen molar-refractivity contribution in [2.24, 2.45) is 0 Å². The van der Waals surface area contributed by atoms with Crippen molar-refractivity contribution in [3.05, 3.63) is 54.4 Å². The Balaban J connectivity index is 1.92. The highest BCUT2D eigenvalue weighted by Crippen LogP contribution is 2.16. The van der Waals surface area contributed by atoms with Gasteiger partial charge in [-0.2, -0.15) is 0 Å². The first-order chi connectivity index (χ1) is 11.5. The van der Waals surface area contributed by atoms with Crippen LogP contribution < -0.4 is 15.4 Å². The first-order valence-electron chi connectivity index (χ1n) is 7.53. The molecule has 8 heteroatoms. The predicted octanol–water partition coefficient (Wildman–Crippen LogP) is 2.56. The molecular formula is C16H20N4O3S. The Bertz CT molecular complexity index is 779. The second-order valence-corrected chi connectivity index (χ2v) is 7.01. The number of hydrogen-bond donors (Lipinski definition) is 3. The summed E-state index contributed by atoms with van der Waals surface area (Å²) in [4.78, 5) is 15.9. The number of nitrogens with one attached hydrogen (secondary N) is 3. The molecule has 1 aromatic heterocycles. The van der Waals surface area contributed by atoms with Crippen molar-refractivity contribution in [3.8, 4) is 0 Å². The normalized spacial score (nSPS) is 10.9. The third kappa shape index (κ3) is 5.88. The first-order valence-corrected chi connectivity index (χ1v) is 9.18. The summed E-state index contributed by atoms with van der Waals surface area (Å²) in [6, 6.07) is 9.81. The molecule has 1 heterocycles. The lowest BCUT2D eigenvalue weighted by molar-refractivity contribution is 0.251. The van der Waals surface area contributed by atoms with Gasteiger partial charge >= 0.3 is 6.03 Å². The number of aromatic nitrogens is 1. The number of hydrogen-bond acceptors (Lipinski definition) is 4. The van der Waals surface area contributed by atoms with Gasteiger partial charge in [-0.1, -0.05) is 19.1 Å². The molecule has 2 rings (SSSR count). The highest BCUT2D eigenvalue weighted by molar-refractivity contribution is 7.92. The van der Waals surface area contributed by atoms with E-state index in [1.807, 2.05) is 6.07 Å². The van der Waals surface area contributed by atoms with Crippen LogP contribution in [0, 0.1) is 0 Å². The highest BCUT2D eigenvalue weighted by Gasteiger charge is 2.09. The number of nitrogens with zero attached hydrogens (tertiary/aromatic N) is 1. The lowest BCUT2D eigenvalue weighted by Crippen LogP contribution is -2.28. The number of amides is 2. The van der Waals surface area contributed by atoms with Gasteiger partial charge in [-0.15, -0.1) is 0 Å². The second kappa shape index (κ2) is 8.30. The zero-order valence-electron chi connectivity index (χ0n) is 13.3. The van der Waals surface area contributed by atoms with Crippen LogP contribution in [0.3, 0.4) is 0 Å². The molecule has 0 fully saturated rings. The second-order valence-electron chi connectivity index (χ2n) is 5.17. The minimum Gasteiger partial charge on any atom is -0.334 e. The van der Waals surface area contributed by atoms with Gasteiger partial charge in [-0.05, 0) is 36.2 Å². The van der Waals surface area contributed by atoms with Gasteiger partial charge in [0.1, 0.15) is 0 Å². The van der Waals surface area contributed by atoms with Crippen molar-refractivity contribution in [1.82, 2.24) is 10.3 Å². The maximum Gasteiger partial charge on any atom is 0.319 e. The number of rotatable bonds is 7. The standard InChI is InChI=1S/C16H20N4O3S/c1-2-9-24(22,23)20-15-7-3-6-14(10-15)19-16(21)18-12-13-5-4-8-17-11-13/h3-8,10-11,20H,2,9,12H2,1H3,(H2,18,19,21). The molecule has 0 aliphatic carbocycles. The number of carbonyl (C=O) groups excluding carboxylic acids is 1. The van der Waals surface area contributed by atoms with Crippen molar-refractivity contribution in [1.29, 1.82) is 0 Å². The molecule has 1 aromatic carbocycles. The lowest BCUT2D eigenvalue weighted by Gasteiger charge is -2.10. The summed E-state index contributed by atoms with van der Waals surface area (Å²) in [5, 5.41) is 5.37. The van der Waals surface area contributed by atoms with Crippen LogP contribution in [-0.4, -0.2) is 25.2 Å². The molecular weight excluding hydrogens is 328 g/mol. The van der Waals surface area contributed by atoms with Crippen LogP contribution in [0.2, 0.25) is 0 Å². The van der Waals surface area contributed by atoms with Gasteiger partial charge < -0.3 is 10.6 Å². The molecule has 0 spiro atoms. The third-order valence-corrected chi connectivity index (χ3v) is 4.53. The van der Waals surface area contributed by atoms with E-state index in [1.54, 1.807) is 49.6 Å². The minimum atomic E-state index is -3.36. The molecule has 2 aromatic rings. The van der Waals surface area contributed by atoms with Crippen LogP contribution in [0.1, 0.15) is 18.9 Å². The molecule has 0 bridgehead atoms. The van der Waals surface area contributed by atoms with Crippen LogP contribution in [0.25, 0.3) is 0 Å². The van der Waals surface area contributed by atoms with Gasteiger partial charge in [0.2, 0.25) is 10.0 Å². The fourth-order valence-electron chi connectivity index (χ4n) is 2.02. The van der Waals surface area contributed by atoms with E-state index in [4.69, 9.17) is 0 Å². The first kappa shape index (κ1) is 17.7. The van der Waals surface area contributed by atoms with E-state index in [2.05, 4.69) is 20.3 Å². The molecule has 0 atom stereocenters. The van der Waals surface area contributed by atoms with Gasteiger partial charge in [-0.25, -0.2) is 13.2 Å². The van der Waals surface area contributed by atoms with Gasteiger partial charge in [0, 0.05) is 24.6 Å². The van der Waals surface area contributed by atoms with Crippen molar-refractivity contribution in [3.63, 3.8) is 0 Å². The third-order valence-electron chi connectivity index (χ3n) is 3.04. The number of benzene rings is 1. The molecule has 7 nitrogen and oxygen atoms in total. The molecule has 128 valence electrons. The monoisotopic (exact) mass is 348 g/mol. The molecule has 0 aliphatic heterocycles. The van der Waals surface area contributed by atoms with Crippen LogP contribution in [-0.2, 0) is 16.6 Å². The van der Waals surface area contributed by atoms with Gasteiger partial charge in [0.25, 0.3) is 0 Å². The molecule has 0 radical (unpaired) electrons. The summed E-state index contributed by atoms with van der Waals surface area (Å²) >= 11 is 0. The average molecular weight is 348 g/mol. The SMILES string of the molecule is CCCS(=O)(=O)Nc1cccc(NC(=O)NCc2cccnc2)c1. The van der Waals surface area contributed by atoms with E-state index in [0.29, 0.717) is 24.3 Å². The largest absolute Gasteiger partial charge is 0.334 e. The van der Waals surface area contributed by atoms with Gasteiger partial charge in [0.05, 0.1) is 11.4 Å². The summed E-state index contributed by atoms with van der Waals surface area (Å²) in [7, 11) is -3.36. The van der Waals surface area contributed by atoms with Gasteiger partial charge in [-0.3, -0.25) is 9.71 Å². The van der Waals surface area contributed by atoms with E-state index in [0.717, 1.165) is 5.56 Å². The van der Waals surface area contributed by atoms with Crippen LogP contribution >= 0.6 is 0 Å². The Morgan fingerprint density at radius 3 is 2.67 bits per heavy atom. The van der Waals surface area contributed by atoms with Crippen LogP contribution in [0.5, 0.6) is 0 Å². The molecule has 0 aliphatic rings. The van der Waals surface area contributed by atoms with Crippen molar-refractivity contribution in [2.45, 2.75) is 19.9 Å². The van der Waals surface area contributed by atoms with Gasteiger partial charge in [0.15, 0.2) is 0 Å². The fourth-order valence-corrected chi connectivity index (χ4v) is 3.15. The van der Waals surface area contributed by atoms with Crippen LogP contribution in [0.4, 0.5) is 16.2 Å². The zero-order chi connectivity index (χ0) is 17.4. The lowest BCUT2D eigenvalue weighted by atomic mass is 10.3. The molecule has 0 unspecified atom stereocenters. The van der Waals surface area contributed by atoms with E-state index < -0.39 is 10.0 Å². The summed E-state index contributed by atoms with van der Waals surface area (Å²) in [6.45, 7) is 2.15. The molecule has 0 saturated heterocycles. The molecule has 3 N–H and O–H groups in total. The summed E-state index contributed by atoms with van der Waals surface area (Å²) in [5.41, 5.74) is 1.79.